The van der Waals surface area contributed by atoms with E-state index in [1.807, 2.05) is 44.2 Å². The second-order valence-electron chi connectivity index (χ2n) is 7.59. The zero-order chi connectivity index (χ0) is 21.8. The van der Waals surface area contributed by atoms with Crippen LogP contribution in [0.4, 0.5) is 5.69 Å². The van der Waals surface area contributed by atoms with Gasteiger partial charge in [0.15, 0.2) is 0 Å². The van der Waals surface area contributed by atoms with Crippen molar-refractivity contribution in [2.75, 3.05) is 5.32 Å². The van der Waals surface area contributed by atoms with E-state index in [2.05, 4.69) is 54.9 Å². The summed E-state index contributed by atoms with van der Waals surface area (Å²) >= 11 is 0. The minimum absolute atomic E-state index is 0.0808. The quantitative estimate of drug-likeness (QED) is 0.436. The van der Waals surface area contributed by atoms with Crippen LogP contribution in [0.15, 0.2) is 54.1 Å². The Morgan fingerprint density at radius 2 is 1.83 bits per heavy atom. The molecule has 2 aromatic carbocycles. The molecule has 4 heteroatoms. The molecule has 1 heterocycles. The summed E-state index contributed by atoms with van der Waals surface area (Å²) in [5.41, 5.74) is 8.40. The Morgan fingerprint density at radius 3 is 2.50 bits per heavy atom. The lowest BCUT2D eigenvalue weighted by Gasteiger charge is -2.17. The fourth-order valence-electron chi connectivity index (χ4n) is 3.83. The summed E-state index contributed by atoms with van der Waals surface area (Å²) in [5.74, 6) is -0.405. The van der Waals surface area contributed by atoms with Crippen LogP contribution in [0.1, 0.15) is 40.6 Å². The zero-order valence-electron chi connectivity index (χ0n) is 18.2. The summed E-state index contributed by atoms with van der Waals surface area (Å²) < 4.78 is 2.22. The lowest BCUT2D eigenvalue weighted by Crippen LogP contribution is -2.13. The molecule has 0 atom stereocenters. The van der Waals surface area contributed by atoms with Crippen molar-refractivity contribution in [2.45, 2.75) is 41.0 Å². The van der Waals surface area contributed by atoms with Crippen molar-refractivity contribution >= 4 is 17.7 Å². The Labute approximate surface area is 178 Å². The Morgan fingerprint density at radius 1 is 1.10 bits per heavy atom. The van der Waals surface area contributed by atoms with Crippen molar-refractivity contribution in [3.05, 3.63) is 87.7 Å². The van der Waals surface area contributed by atoms with E-state index in [-0.39, 0.29) is 5.57 Å². The number of carbonyl (C=O) groups excluding carboxylic acids is 1. The van der Waals surface area contributed by atoms with Crippen LogP contribution >= 0.6 is 0 Å². The van der Waals surface area contributed by atoms with E-state index in [4.69, 9.17) is 0 Å². The smallest absolute Gasteiger partial charge is 0.266 e. The first-order chi connectivity index (χ1) is 14.3. The van der Waals surface area contributed by atoms with Gasteiger partial charge in [-0.3, -0.25) is 4.79 Å². The Kier molecular flexibility index (Phi) is 6.23. The molecule has 1 N–H and O–H groups in total. The molecular weight excluding hydrogens is 370 g/mol. The molecule has 3 rings (SSSR count). The monoisotopic (exact) mass is 397 g/mol. The van der Waals surface area contributed by atoms with Crippen molar-refractivity contribution in [1.29, 1.82) is 5.26 Å². The summed E-state index contributed by atoms with van der Waals surface area (Å²) in [4.78, 5) is 12.7. The van der Waals surface area contributed by atoms with Crippen LogP contribution in [-0.4, -0.2) is 10.5 Å². The number of hydrogen-bond acceptors (Lipinski definition) is 2. The molecule has 0 saturated heterocycles. The van der Waals surface area contributed by atoms with Gasteiger partial charge >= 0.3 is 0 Å². The van der Waals surface area contributed by atoms with E-state index < -0.39 is 5.91 Å². The maximum absolute atomic E-state index is 12.7. The van der Waals surface area contributed by atoms with Crippen molar-refractivity contribution in [3.8, 4) is 11.8 Å². The molecule has 0 saturated carbocycles. The molecule has 0 aliphatic rings. The number of benzene rings is 2. The number of nitrogens with one attached hydrogen (secondary N) is 1. The summed E-state index contributed by atoms with van der Waals surface area (Å²) in [6.45, 7) is 10.3. The van der Waals surface area contributed by atoms with Crippen LogP contribution in [0.5, 0.6) is 0 Å². The van der Waals surface area contributed by atoms with Gasteiger partial charge in [-0.25, -0.2) is 0 Å². The van der Waals surface area contributed by atoms with Crippen molar-refractivity contribution in [1.82, 2.24) is 4.57 Å². The predicted octanol–water partition coefficient (Wildman–Crippen LogP) is 5.82. The van der Waals surface area contributed by atoms with Gasteiger partial charge in [0, 0.05) is 17.1 Å². The van der Waals surface area contributed by atoms with E-state index in [0.29, 0.717) is 5.69 Å². The standard InChI is InChI=1S/C26H27N3O/c1-6-21-11-8-10-18(3)25(21)29-19(4)14-22(20(29)5)15-23(16-27)26(30)28-24-12-7-9-17(2)13-24/h7-15H,6H2,1-5H3,(H,28,30)/b23-15-. The topological polar surface area (TPSA) is 57.8 Å². The molecule has 0 aliphatic carbocycles. The van der Waals surface area contributed by atoms with Gasteiger partial charge in [-0.2, -0.15) is 5.26 Å². The Balaban J connectivity index is 2.01. The average Bonchev–Trinajstić information content (AvgIpc) is 2.98. The van der Waals surface area contributed by atoms with Crippen molar-refractivity contribution in [3.63, 3.8) is 0 Å². The van der Waals surface area contributed by atoms with Crippen LogP contribution in [0.25, 0.3) is 11.8 Å². The van der Waals surface area contributed by atoms with Gasteiger partial charge in [0.1, 0.15) is 11.6 Å². The highest BCUT2D eigenvalue weighted by Crippen LogP contribution is 2.28. The van der Waals surface area contributed by atoms with E-state index in [1.54, 1.807) is 6.08 Å². The summed E-state index contributed by atoms with van der Waals surface area (Å²) in [5, 5.41) is 12.4. The third kappa shape index (κ3) is 4.21. The van der Waals surface area contributed by atoms with Crippen LogP contribution in [0.3, 0.4) is 0 Å². The highest BCUT2D eigenvalue weighted by atomic mass is 16.1. The first-order valence-corrected chi connectivity index (χ1v) is 10.1. The van der Waals surface area contributed by atoms with Gasteiger partial charge in [0.2, 0.25) is 0 Å². The van der Waals surface area contributed by atoms with Gasteiger partial charge in [0.25, 0.3) is 5.91 Å². The maximum Gasteiger partial charge on any atom is 0.266 e. The largest absolute Gasteiger partial charge is 0.321 e. The maximum atomic E-state index is 12.7. The number of carbonyl (C=O) groups is 1. The molecule has 30 heavy (non-hydrogen) atoms. The minimum atomic E-state index is -0.405. The van der Waals surface area contributed by atoms with Gasteiger partial charge in [-0.15, -0.1) is 0 Å². The number of anilines is 1. The Hall–Kier alpha value is -3.58. The van der Waals surface area contributed by atoms with Crippen LogP contribution in [-0.2, 0) is 11.2 Å². The van der Waals surface area contributed by atoms with Gasteiger partial charge in [-0.1, -0.05) is 37.3 Å². The SMILES string of the molecule is CCc1cccc(C)c1-n1c(C)cc(/C=C(/C#N)C(=O)Nc2cccc(C)c2)c1C. The highest BCUT2D eigenvalue weighted by molar-refractivity contribution is 6.09. The van der Waals surface area contributed by atoms with E-state index in [1.165, 1.54) is 16.8 Å². The van der Waals surface area contributed by atoms with E-state index in [0.717, 1.165) is 28.9 Å². The number of amides is 1. The number of nitriles is 1. The normalized spacial score (nSPS) is 11.3. The van der Waals surface area contributed by atoms with Gasteiger partial charge in [0.05, 0.1) is 5.69 Å². The third-order valence-electron chi connectivity index (χ3n) is 5.34. The van der Waals surface area contributed by atoms with Crippen LogP contribution in [0, 0.1) is 39.0 Å². The summed E-state index contributed by atoms with van der Waals surface area (Å²) in [7, 11) is 0. The fraction of sp³-hybridized carbons (Fsp3) is 0.231. The Bertz CT molecular complexity index is 1180. The first kappa shape index (κ1) is 21.1. The molecule has 0 radical (unpaired) electrons. The fourth-order valence-corrected chi connectivity index (χ4v) is 3.83. The van der Waals surface area contributed by atoms with Crippen molar-refractivity contribution in [2.24, 2.45) is 0 Å². The molecule has 0 spiro atoms. The van der Waals surface area contributed by atoms with E-state index in [9.17, 15) is 10.1 Å². The average molecular weight is 398 g/mol. The van der Waals surface area contributed by atoms with E-state index >= 15 is 0 Å². The van der Waals surface area contributed by atoms with Gasteiger partial charge in [-0.05, 0) is 80.6 Å². The minimum Gasteiger partial charge on any atom is -0.321 e. The molecular formula is C26H27N3O. The molecule has 0 aliphatic heterocycles. The number of nitrogens with zero attached hydrogens (tertiary/aromatic N) is 2. The summed E-state index contributed by atoms with van der Waals surface area (Å²) in [6, 6.07) is 17.9. The molecule has 1 aromatic heterocycles. The number of rotatable bonds is 5. The van der Waals surface area contributed by atoms with Crippen LogP contribution < -0.4 is 5.32 Å². The second kappa shape index (κ2) is 8.84. The van der Waals surface area contributed by atoms with Crippen molar-refractivity contribution < 1.29 is 4.79 Å². The molecule has 0 fully saturated rings. The molecule has 0 bridgehead atoms. The molecule has 3 aromatic rings. The lowest BCUT2D eigenvalue weighted by atomic mass is 10.1. The lowest BCUT2D eigenvalue weighted by molar-refractivity contribution is -0.112. The summed E-state index contributed by atoms with van der Waals surface area (Å²) in [6.07, 6.45) is 2.61. The third-order valence-corrected chi connectivity index (χ3v) is 5.34. The number of hydrogen-bond donors (Lipinski definition) is 1. The molecule has 4 nitrogen and oxygen atoms in total. The first-order valence-electron chi connectivity index (χ1n) is 10.1. The molecule has 152 valence electrons. The second-order valence-corrected chi connectivity index (χ2v) is 7.59. The predicted molar refractivity (Wildman–Crippen MR) is 123 cm³/mol. The van der Waals surface area contributed by atoms with Crippen LogP contribution in [0.2, 0.25) is 0 Å². The highest BCUT2D eigenvalue weighted by Gasteiger charge is 2.16. The van der Waals surface area contributed by atoms with Gasteiger partial charge < -0.3 is 9.88 Å². The molecule has 1 amide bonds. The number of aromatic nitrogens is 1. The number of aryl methyl sites for hydroxylation is 4. The molecule has 0 unspecified atom stereocenters. The number of para-hydroxylation sites is 1. The zero-order valence-corrected chi connectivity index (χ0v) is 18.2.